The van der Waals surface area contributed by atoms with E-state index in [1.807, 2.05) is 36.7 Å². The Balaban J connectivity index is 1.37. The summed E-state index contributed by atoms with van der Waals surface area (Å²) in [4.78, 5) is 16.7. The summed E-state index contributed by atoms with van der Waals surface area (Å²) in [5.74, 6) is 2.08. The summed E-state index contributed by atoms with van der Waals surface area (Å²) in [6, 6.07) is 12.2. The number of aliphatic hydroxyl groups excluding tert-OH is 1. The number of nitrogens with one attached hydrogen (secondary N) is 2. The highest BCUT2D eigenvalue weighted by Gasteiger charge is 2.22. The summed E-state index contributed by atoms with van der Waals surface area (Å²) in [7, 11) is 1.65. The number of pyridine rings is 1. The van der Waals surface area contributed by atoms with Crippen LogP contribution in [0.1, 0.15) is 44.1 Å². The first-order chi connectivity index (χ1) is 17.2. The van der Waals surface area contributed by atoms with E-state index in [9.17, 15) is 5.11 Å². The maximum atomic E-state index is 9.91. The molecule has 5 rings (SSSR count). The van der Waals surface area contributed by atoms with Crippen molar-refractivity contribution in [1.82, 2.24) is 19.9 Å². The third kappa shape index (κ3) is 6.07. The van der Waals surface area contributed by atoms with E-state index in [4.69, 9.17) is 14.7 Å². The summed E-state index contributed by atoms with van der Waals surface area (Å²) in [6.45, 7) is 3.29. The van der Waals surface area contributed by atoms with Crippen LogP contribution in [0.2, 0.25) is 0 Å². The van der Waals surface area contributed by atoms with Crippen molar-refractivity contribution in [2.75, 3.05) is 30.8 Å². The molecule has 3 aromatic rings. The summed E-state index contributed by atoms with van der Waals surface area (Å²) < 4.78 is 5.24. The Morgan fingerprint density at radius 1 is 0.971 bits per heavy atom. The van der Waals surface area contributed by atoms with Gasteiger partial charge in [-0.3, -0.25) is 9.88 Å². The monoisotopic (exact) mass is 474 g/mol. The topological polar surface area (TPSA) is 95.4 Å². The second-order valence-electron chi connectivity index (χ2n) is 9.49. The van der Waals surface area contributed by atoms with Crippen LogP contribution in [-0.4, -0.2) is 57.3 Å². The van der Waals surface area contributed by atoms with Gasteiger partial charge in [0.15, 0.2) is 0 Å². The van der Waals surface area contributed by atoms with Crippen molar-refractivity contribution >= 4 is 17.5 Å². The predicted molar refractivity (Wildman–Crippen MR) is 138 cm³/mol. The molecule has 8 heteroatoms. The second kappa shape index (κ2) is 11.0. The number of methoxy groups -OCH3 is 1. The van der Waals surface area contributed by atoms with Gasteiger partial charge in [0.1, 0.15) is 11.6 Å². The standard InChI is InChI=1S/C27H34N6O2/c1-35-23-11-7-21(8-12-23)31-27-29-17-24(26(32-27)30-20-5-9-22(34)10-6-20)25-13-4-19(16-28-25)18-33-14-2-3-15-33/h4,7-8,11-13,16-17,20,22,34H,2-3,5-6,9-10,14-15,18H2,1H3,(H2,29,30,31,32). The van der Waals surface area contributed by atoms with Gasteiger partial charge >= 0.3 is 0 Å². The van der Waals surface area contributed by atoms with Gasteiger partial charge in [0.05, 0.1) is 24.5 Å². The quantitative estimate of drug-likeness (QED) is 0.436. The van der Waals surface area contributed by atoms with Crippen molar-refractivity contribution in [3.05, 3.63) is 54.4 Å². The first kappa shape index (κ1) is 23.5. The Kier molecular flexibility index (Phi) is 7.39. The fourth-order valence-electron chi connectivity index (χ4n) is 4.83. The highest BCUT2D eigenvalue weighted by molar-refractivity contribution is 5.73. The summed E-state index contributed by atoms with van der Waals surface area (Å²) in [6.07, 6.45) is 9.60. The fourth-order valence-corrected chi connectivity index (χ4v) is 4.83. The molecule has 35 heavy (non-hydrogen) atoms. The van der Waals surface area contributed by atoms with Crippen LogP contribution in [0, 0.1) is 0 Å². The van der Waals surface area contributed by atoms with E-state index < -0.39 is 0 Å². The zero-order valence-electron chi connectivity index (χ0n) is 20.3. The van der Waals surface area contributed by atoms with Gasteiger partial charge in [-0.05, 0) is 87.5 Å². The van der Waals surface area contributed by atoms with E-state index in [0.717, 1.165) is 60.7 Å². The van der Waals surface area contributed by atoms with Crippen molar-refractivity contribution < 1.29 is 9.84 Å². The molecule has 0 radical (unpaired) electrons. The number of aromatic nitrogens is 3. The summed E-state index contributed by atoms with van der Waals surface area (Å²) >= 11 is 0. The number of ether oxygens (including phenoxy) is 1. The van der Waals surface area contributed by atoms with Crippen LogP contribution in [0.15, 0.2) is 48.8 Å². The SMILES string of the molecule is COc1ccc(Nc2ncc(-c3ccc(CN4CCCC4)cn3)c(NC3CCC(O)CC3)n2)cc1. The van der Waals surface area contributed by atoms with Crippen molar-refractivity contribution in [3.8, 4) is 17.0 Å². The smallest absolute Gasteiger partial charge is 0.229 e. The third-order valence-corrected chi connectivity index (χ3v) is 6.88. The van der Waals surface area contributed by atoms with Crippen LogP contribution in [0.25, 0.3) is 11.3 Å². The largest absolute Gasteiger partial charge is 0.497 e. The van der Waals surface area contributed by atoms with Gasteiger partial charge in [0.25, 0.3) is 0 Å². The van der Waals surface area contributed by atoms with Gasteiger partial charge < -0.3 is 20.5 Å². The van der Waals surface area contributed by atoms with Crippen molar-refractivity contribution in [3.63, 3.8) is 0 Å². The van der Waals surface area contributed by atoms with Crippen LogP contribution in [0.3, 0.4) is 0 Å². The molecule has 1 saturated carbocycles. The minimum Gasteiger partial charge on any atom is -0.497 e. The number of rotatable bonds is 8. The summed E-state index contributed by atoms with van der Waals surface area (Å²) in [5.41, 5.74) is 3.84. The number of benzene rings is 1. The molecular formula is C27H34N6O2. The average Bonchev–Trinajstić information content (AvgIpc) is 3.40. The second-order valence-corrected chi connectivity index (χ2v) is 9.49. The molecule has 2 aromatic heterocycles. The highest BCUT2D eigenvalue weighted by atomic mass is 16.5. The van der Waals surface area contributed by atoms with E-state index in [1.165, 1.54) is 31.5 Å². The van der Waals surface area contributed by atoms with E-state index in [-0.39, 0.29) is 12.1 Å². The molecule has 184 valence electrons. The van der Waals surface area contributed by atoms with Gasteiger partial charge in [-0.15, -0.1) is 0 Å². The zero-order valence-corrected chi connectivity index (χ0v) is 20.3. The lowest BCUT2D eigenvalue weighted by molar-refractivity contribution is 0.126. The Labute approximate surface area is 206 Å². The van der Waals surface area contributed by atoms with Crippen LogP contribution in [-0.2, 0) is 6.54 Å². The molecule has 3 heterocycles. The van der Waals surface area contributed by atoms with Gasteiger partial charge in [0.2, 0.25) is 5.95 Å². The fraction of sp³-hybridized carbons (Fsp3) is 0.444. The van der Waals surface area contributed by atoms with E-state index in [2.05, 4.69) is 32.7 Å². The predicted octanol–water partition coefficient (Wildman–Crippen LogP) is 4.60. The van der Waals surface area contributed by atoms with E-state index >= 15 is 0 Å². The first-order valence-electron chi connectivity index (χ1n) is 12.6. The van der Waals surface area contributed by atoms with Crippen LogP contribution >= 0.6 is 0 Å². The van der Waals surface area contributed by atoms with Gasteiger partial charge in [-0.25, -0.2) is 4.98 Å². The molecule has 0 bridgehead atoms. The molecule has 1 aliphatic heterocycles. The lowest BCUT2D eigenvalue weighted by Crippen LogP contribution is -2.29. The van der Waals surface area contributed by atoms with Gasteiger partial charge in [-0.1, -0.05) is 6.07 Å². The Hall–Kier alpha value is -3.23. The molecule has 0 amide bonds. The van der Waals surface area contributed by atoms with E-state index in [1.54, 1.807) is 7.11 Å². The lowest BCUT2D eigenvalue weighted by atomic mass is 9.93. The molecule has 2 aliphatic rings. The van der Waals surface area contributed by atoms with Crippen molar-refractivity contribution in [1.29, 1.82) is 0 Å². The molecule has 1 saturated heterocycles. The van der Waals surface area contributed by atoms with E-state index in [0.29, 0.717) is 5.95 Å². The van der Waals surface area contributed by atoms with Crippen LogP contribution in [0.4, 0.5) is 17.5 Å². The van der Waals surface area contributed by atoms with Crippen molar-refractivity contribution in [2.24, 2.45) is 0 Å². The number of hydrogen-bond donors (Lipinski definition) is 3. The molecular weight excluding hydrogens is 440 g/mol. The molecule has 0 spiro atoms. The maximum absolute atomic E-state index is 9.91. The molecule has 0 unspecified atom stereocenters. The normalized spacial score (nSPS) is 20.5. The maximum Gasteiger partial charge on any atom is 0.229 e. The highest BCUT2D eigenvalue weighted by Crippen LogP contribution is 2.30. The number of aliphatic hydroxyl groups is 1. The molecule has 8 nitrogen and oxygen atoms in total. The zero-order chi connectivity index (χ0) is 24.0. The van der Waals surface area contributed by atoms with Crippen molar-refractivity contribution in [2.45, 2.75) is 57.2 Å². The number of likely N-dealkylation sites (tertiary alicyclic amines) is 1. The number of nitrogens with zero attached hydrogens (tertiary/aromatic N) is 4. The van der Waals surface area contributed by atoms with Crippen LogP contribution in [0.5, 0.6) is 5.75 Å². The van der Waals surface area contributed by atoms with Gasteiger partial charge in [0, 0.05) is 30.7 Å². The van der Waals surface area contributed by atoms with Crippen LogP contribution < -0.4 is 15.4 Å². The Morgan fingerprint density at radius 3 is 2.43 bits per heavy atom. The first-order valence-corrected chi connectivity index (χ1v) is 12.6. The van der Waals surface area contributed by atoms with Gasteiger partial charge in [-0.2, -0.15) is 4.98 Å². The molecule has 0 atom stereocenters. The third-order valence-electron chi connectivity index (χ3n) is 6.88. The Bertz CT molecular complexity index is 1090. The number of hydrogen-bond acceptors (Lipinski definition) is 8. The molecule has 1 aliphatic carbocycles. The Morgan fingerprint density at radius 2 is 1.74 bits per heavy atom. The minimum absolute atomic E-state index is 0.199. The molecule has 2 fully saturated rings. The number of anilines is 3. The average molecular weight is 475 g/mol. The molecule has 3 N–H and O–H groups in total. The molecule has 1 aromatic carbocycles. The lowest BCUT2D eigenvalue weighted by Gasteiger charge is -2.27. The summed E-state index contributed by atoms with van der Waals surface area (Å²) in [5, 5.41) is 16.8. The minimum atomic E-state index is -0.199.